The number of hydrogen-bond acceptors (Lipinski definition) is 5. The molecular weight excluding hydrogens is 348 g/mol. The molecule has 0 heterocycles. The second-order valence-corrected chi connectivity index (χ2v) is 6.06. The van der Waals surface area contributed by atoms with E-state index in [1.54, 1.807) is 48.5 Å². The summed E-state index contributed by atoms with van der Waals surface area (Å²) >= 11 is 0. The third-order valence-electron chi connectivity index (χ3n) is 3.64. The fourth-order valence-electron chi connectivity index (χ4n) is 2.03. The number of nitrogens with one attached hydrogen (secondary N) is 2. The zero-order valence-electron chi connectivity index (χ0n) is 15.4. The van der Waals surface area contributed by atoms with E-state index in [2.05, 4.69) is 15.4 Å². The van der Waals surface area contributed by atoms with E-state index < -0.39 is 5.97 Å². The first-order valence-electron chi connectivity index (χ1n) is 8.41. The third kappa shape index (κ3) is 6.14. The number of anilines is 2. The summed E-state index contributed by atoms with van der Waals surface area (Å²) in [6.45, 7) is 3.44. The average Bonchev–Trinajstić information content (AvgIpc) is 2.67. The summed E-state index contributed by atoms with van der Waals surface area (Å²) in [5, 5.41) is 5.54. The second-order valence-electron chi connectivity index (χ2n) is 6.06. The van der Waals surface area contributed by atoms with Gasteiger partial charge in [0.05, 0.1) is 7.11 Å². The number of esters is 1. The number of carbonyl (C=O) groups is 3. The van der Waals surface area contributed by atoms with Crippen LogP contribution in [0.3, 0.4) is 0 Å². The fourth-order valence-corrected chi connectivity index (χ4v) is 2.03. The molecule has 0 radical (unpaired) electrons. The molecule has 2 N–H and O–H groups in total. The van der Waals surface area contributed by atoms with Crippen LogP contribution in [0, 0.1) is 5.92 Å². The zero-order valence-corrected chi connectivity index (χ0v) is 15.4. The van der Waals surface area contributed by atoms with Crippen molar-refractivity contribution in [3.05, 3.63) is 54.1 Å². The molecule has 0 saturated carbocycles. The Balaban J connectivity index is 1.92. The largest absolute Gasteiger partial charge is 0.482 e. The zero-order chi connectivity index (χ0) is 19.8. The third-order valence-corrected chi connectivity index (χ3v) is 3.64. The molecule has 7 nitrogen and oxygen atoms in total. The van der Waals surface area contributed by atoms with Gasteiger partial charge in [-0.05, 0) is 48.5 Å². The van der Waals surface area contributed by atoms with Crippen LogP contribution in [0.5, 0.6) is 5.75 Å². The van der Waals surface area contributed by atoms with Crippen molar-refractivity contribution in [3.63, 3.8) is 0 Å². The summed E-state index contributed by atoms with van der Waals surface area (Å²) in [6.07, 6.45) is 0. The van der Waals surface area contributed by atoms with Crippen LogP contribution in [0.4, 0.5) is 11.4 Å². The van der Waals surface area contributed by atoms with Crippen molar-refractivity contribution < 1.29 is 23.9 Å². The Labute approximate surface area is 157 Å². The number of benzene rings is 2. The smallest absolute Gasteiger partial charge is 0.343 e. The SMILES string of the molecule is COC(=O)COc1ccc(NC(=O)c2ccc(NC(=O)C(C)C)cc2)cc1. The number of ether oxygens (including phenoxy) is 2. The average molecular weight is 370 g/mol. The Morgan fingerprint density at radius 3 is 2.00 bits per heavy atom. The highest BCUT2D eigenvalue weighted by molar-refractivity contribution is 6.04. The van der Waals surface area contributed by atoms with Gasteiger partial charge in [-0.25, -0.2) is 4.79 Å². The standard InChI is InChI=1S/C20H22N2O5/c1-13(2)19(24)21-15-6-4-14(5-7-15)20(25)22-16-8-10-17(11-9-16)27-12-18(23)26-3/h4-11,13H,12H2,1-3H3,(H,21,24)(H,22,25). The van der Waals surface area contributed by atoms with Gasteiger partial charge in [0.25, 0.3) is 5.91 Å². The van der Waals surface area contributed by atoms with E-state index in [9.17, 15) is 14.4 Å². The molecule has 0 aliphatic rings. The molecule has 0 unspecified atom stereocenters. The predicted octanol–water partition coefficient (Wildman–Crippen LogP) is 3.09. The molecule has 0 aliphatic carbocycles. The summed E-state index contributed by atoms with van der Waals surface area (Å²) < 4.78 is 9.74. The maximum atomic E-state index is 12.3. The van der Waals surface area contributed by atoms with Gasteiger partial charge in [0.2, 0.25) is 5.91 Å². The van der Waals surface area contributed by atoms with Crippen LogP contribution < -0.4 is 15.4 Å². The molecule has 2 aromatic rings. The van der Waals surface area contributed by atoms with Crippen molar-refractivity contribution in [3.8, 4) is 5.75 Å². The molecule has 0 bridgehead atoms. The van der Waals surface area contributed by atoms with Gasteiger partial charge in [-0.3, -0.25) is 9.59 Å². The van der Waals surface area contributed by atoms with Crippen molar-refractivity contribution in [1.82, 2.24) is 0 Å². The molecule has 2 aromatic carbocycles. The molecule has 7 heteroatoms. The summed E-state index contributed by atoms with van der Waals surface area (Å²) in [4.78, 5) is 35.0. The first-order chi connectivity index (χ1) is 12.9. The molecule has 2 rings (SSSR count). The molecule has 0 spiro atoms. The lowest BCUT2D eigenvalue weighted by atomic mass is 10.1. The normalized spacial score (nSPS) is 10.2. The predicted molar refractivity (Wildman–Crippen MR) is 102 cm³/mol. The van der Waals surface area contributed by atoms with Gasteiger partial charge in [-0.15, -0.1) is 0 Å². The van der Waals surface area contributed by atoms with Gasteiger partial charge in [0.1, 0.15) is 5.75 Å². The number of rotatable bonds is 7. The molecule has 2 amide bonds. The summed E-state index contributed by atoms with van der Waals surface area (Å²) in [6, 6.07) is 13.3. The molecule has 142 valence electrons. The molecule has 27 heavy (non-hydrogen) atoms. The number of amides is 2. The highest BCUT2D eigenvalue weighted by Gasteiger charge is 2.09. The highest BCUT2D eigenvalue weighted by atomic mass is 16.6. The van der Waals surface area contributed by atoms with Gasteiger partial charge in [-0.2, -0.15) is 0 Å². The van der Waals surface area contributed by atoms with E-state index in [4.69, 9.17) is 4.74 Å². The Morgan fingerprint density at radius 2 is 1.44 bits per heavy atom. The molecule has 0 atom stereocenters. The van der Waals surface area contributed by atoms with E-state index in [1.807, 2.05) is 13.8 Å². The Morgan fingerprint density at radius 1 is 0.889 bits per heavy atom. The minimum Gasteiger partial charge on any atom is -0.482 e. The van der Waals surface area contributed by atoms with Crippen molar-refractivity contribution in [2.45, 2.75) is 13.8 Å². The molecule has 0 aliphatic heterocycles. The number of methoxy groups -OCH3 is 1. The summed E-state index contributed by atoms with van der Waals surface area (Å²) in [7, 11) is 1.29. The lowest BCUT2D eigenvalue weighted by molar-refractivity contribution is -0.142. The van der Waals surface area contributed by atoms with Crippen molar-refractivity contribution in [2.75, 3.05) is 24.4 Å². The van der Waals surface area contributed by atoms with Crippen LogP contribution in [0.25, 0.3) is 0 Å². The topological polar surface area (TPSA) is 93.7 Å². The summed E-state index contributed by atoms with van der Waals surface area (Å²) in [5.74, 6) is -0.460. The fraction of sp³-hybridized carbons (Fsp3) is 0.250. The lowest BCUT2D eigenvalue weighted by Crippen LogP contribution is -2.18. The Hall–Kier alpha value is -3.35. The second kappa shape index (κ2) is 9.38. The van der Waals surface area contributed by atoms with Gasteiger partial charge >= 0.3 is 5.97 Å². The Kier molecular flexibility index (Phi) is 6.93. The van der Waals surface area contributed by atoms with Crippen LogP contribution in [0.2, 0.25) is 0 Å². The van der Waals surface area contributed by atoms with Crippen LogP contribution in [-0.2, 0) is 14.3 Å². The van der Waals surface area contributed by atoms with E-state index in [-0.39, 0.29) is 24.3 Å². The number of hydrogen-bond donors (Lipinski definition) is 2. The van der Waals surface area contributed by atoms with Gasteiger partial charge in [-0.1, -0.05) is 13.8 Å². The van der Waals surface area contributed by atoms with Crippen molar-refractivity contribution in [1.29, 1.82) is 0 Å². The van der Waals surface area contributed by atoms with Gasteiger partial charge < -0.3 is 20.1 Å². The molecule has 0 saturated heterocycles. The molecule has 0 aromatic heterocycles. The first-order valence-corrected chi connectivity index (χ1v) is 8.41. The van der Waals surface area contributed by atoms with E-state index in [0.29, 0.717) is 22.7 Å². The molecule has 0 fully saturated rings. The van der Waals surface area contributed by atoms with Gasteiger partial charge in [0, 0.05) is 22.9 Å². The van der Waals surface area contributed by atoms with E-state index in [1.165, 1.54) is 7.11 Å². The maximum Gasteiger partial charge on any atom is 0.343 e. The minimum atomic E-state index is -0.472. The molecular formula is C20H22N2O5. The van der Waals surface area contributed by atoms with Gasteiger partial charge in [0.15, 0.2) is 6.61 Å². The summed E-state index contributed by atoms with van der Waals surface area (Å²) in [5.41, 5.74) is 1.68. The van der Waals surface area contributed by atoms with E-state index in [0.717, 1.165) is 0 Å². The Bertz CT molecular complexity index is 798. The van der Waals surface area contributed by atoms with Crippen LogP contribution >= 0.6 is 0 Å². The maximum absolute atomic E-state index is 12.3. The van der Waals surface area contributed by atoms with Crippen LogP contribution in [0.15, 0.2) is 48.5 Å². The lowest BCUT2D eigenvalue weighted by Gasteiger charge is -2.09. The minimum absolute atomic E-state index is 0.0818. The number of carbonyl (C=O) groups excluding carboxylic acids is 3. The van der Waals surface area contributed by atoms with Crippen molar-refractivity contribution in [2.24, 2.45) is 5.92 Å². The van der Waals surface area contributed by atoms with Crippen LogP contribution in [0.1, 0.15) is 24.2 Å². The van der Waals surface area contributed by atoms with E-state index >= 15 is 0 Å². The first kappa shape index (κ1) is 20.0. The quantitative estimate of drug-likeness (QED) is 0.731. The monoisotopic (exact) mass is 370 g/mol. The highest BCUT2D eigenvalue weighted by Crippen LogP contribution is 2.17. The van der Waals surface area contributed by atoms with Crippen LogP contribution in [-0.4, -0.2) is 31.5 Å². The van der Waals surface area contributed by atoms with Crippen molar-refractivity contribution >= 4 is 29.2 Å².